The summed E-state index contributed by atoms with van der Waals surface area (Å²) in [5, 5.41) is 3.71. The largest absolute Gasteiger partial charge is 0.307 e. The zero-order chi connectivity index (χ0) is 13.9. The minimum Gasteiger partial charge on any atom is -0.307 e. The summed E-state index contributed by atoms with van der Waals surface area (Å²) in [6, 6.07) is 7.75. The molecule has 2 atom stereocenters. The van der Waals surface area contributed by atoms with Gasteiger partial charge in [-0.3, -0.25) is 0 Å². The van der Waals surface area contributed by atoms with Gasteiger partial charge in [0.05, 0.1) is 0 Å². The van der Waals surface area contributed by atoms with Crippen LogP contribution in [0.25, 0.3) is 0 Å². The molecule has 106 valence electrons. The summed E-state index contributed by atoms with van der Waals surface area (Å²) in [6.45, 7) is 6.92. The van der Waals surface area contributed by atoms with Gasteiger partial charge in [-0.25, -0.2) is 4.39 Å². The van der Waals surface area contributed by atoms with E-state index in [1.165, 1.54) is 37.7 Å². The molecule has 0 spiro atoms. The fourth-order valence-corrected chi connectivity index (χ4v) is 3.03. The fraction of sp³-hybridized carbons (Fsp3) is 0.647. The zero-order valence-corrected chi connectivity index (χ0v) is 12.4. The molecule has 2 rings (SSSR count). The first-order valence-corrected chi connectivity index (χ1v) is 7.48. The summed E-state index contributed by atoms with van der Waals surface area (Å²) in [7, 11) is 0. The van der Waals surface area contributed by atoms with E-state index in [1.807, 2.05) is 12.1 Å². The predicted molar refractivity (Wildman–Crippen MR) is 78.6 cm³/mol. The number of rotatable bonds is 3. The van der Waals surface area contributed by atoms with Crippen molar-refractivity contribution in [2.45, 2.75) is 65.0 Å². The Labute approximate surface area is 116 Å². The number of benzene rings is 1. The number of nitrogens with one attached hydrogen (secondary N) is 1. The monoisotopic (exact) mass is 263 g/mol. The smallest absolute Gasteiger partial charge is 0.123 e. The Balaban J connectivity index is 1.91. The SMILES string of the molecule is C[C@H](NC1CCCC(C)(C)CC1)c1ccc(F)cc1. The second-order valence-electron chi connectivity index (χ2n) is 6.73. The maximum atomic E-state index is 12.9. The molecule has 0 heterocycles. The lowest BCUT2D eigenvalue weighted by Crippen LogP contribution is -2.31. The van der Waals surface area contributed by atoms with E-state index in [2.05, 4.69) is 26.1 Å². The van der Waals surface area contributed by atoms with E-state index in [4.69, 9.17) is 0 Å². The quantitative estimate of drug-likeness (QED) is 0.770. The third-order valence-corrected chi connectivity index (χ3v) is 4.43. The van der Waals surface area contributed by atoms with Crippen molar-refractivity contribution in [1.29, 1.82) is 0 Å². The first kappa shape index (κ1) is 14.5. The molecule has 0 radical (unpaired) electrons. The molecule has 1 saturated carbocycles. The maximum Gasteiger partial charge on any atom is 0.123 e. The Morgan fingerprint density at radius 3 is 2.53 bits per heavy atom. The molecule has 2 heteroatoms. The van der Waals surface area contributed by atoms with Crippen LogP contribution in [0.1, 0.15) is 64.5 Å². The van der Waals surface area contributed by atoms with Crippen molar-refractivity contribution in [2.24, 2.45) is 5.41 Å². The molecular weight excluding hydrogens is 237 g/mol. The molecular formula is C17H26FN. The summed E-state index contributed by atoms with van der Waals surface area (Å²) < 4.78 is 12.9. The van der Waals surface area contributed by atoms with Crippen molar-refractivity contribution in [2.75, 3.05) is 0 Å². The highest BCUT2D eigenvalue weighted by atomic mass is 19.1. The van der Waals surface area contributed by atoms with E-state index in [0.717, 1.165) is 0 Å². The predicted octanol–water partition coefficient (Wildman–Crippen LogP) is 4.84. The second-order valence-corrected chi connectivity index (χ2v) is 6.73. The molecule has 1 fully saturated rings. The van der Waals surface area contributed by atoms with Crippen molar-refractivity contribution >= 4 is 0 Å². The van der Waals surface area contributed by atoms with Gasteiger partial charge in [0, 0.05) is 12.1 Å². The van der Waals surface area contributed by atoms with Crippen LogP contribution < -0.4 is 5.32 Å². The molecule has 1 aliphatic carbocycles. The first-order chi connectivity index (χ1) is 8.96. The van der Waals surface area contributed by atoms with Gasteiger partial charge in [-0.1, -0.05) is 32.4 Å². The van der Waals surface area contributed by atoms with E-state index in [0.29, 0.717) is 17.5 Å². The summed E-state index contributed by atoms with van der Waals surface area (Å²) in [6.07, 6.45) is 6.44. The Hall–Kier alpha value is -0.890. The molecule has 0 aromatic heterocycles. The van der Waals surface area contributed by atoms with Crippen LogP contribution in [0, 0.1) is 11.2 Å². The van der Waals surface area contributed by atoms with Crippen LogP contribution in [-0.4, -0.2) is 6.04 Å². The lowest BCUT2D eigenvalue weighted by Gasteiger charge is -2.24. The fourth-order valence-electron chi connectivity index (χ4n) is 3.03. The third-order valence-electron chi connectivity index (χ3n) is 4.43. The van der Waals surface area contributed by atoms with E-state index < -0.39 is 0 Å². The third kappa shape index (κ3) is 4.31. The van der Waals surface area contributed by atoms with Gasteiger partial charge in [0.15, 0.2) is 0 Å². The Morgan fingerprint density at radius 2 is 1.84 bits per heavy atom. The summed E-state index contributed by atoms with van der Waals surface area (Å²) >= 11 is 0. The minimum atomic E-state index is -0.160. The standard InChI is InChI=1S/C17H26FN/c1-13(14-6-8-15(18)9-7-14)19-16-5-4-11-17(2,3)12-10-16/h6-9,13,16,19H,4-5,10-12H2,1-3H3/t13-,16?/m0/s1. The normalized spacial score (nSPS) is 24.7. The number of hydrogen-bond donors (Lipinski definition) is 1. The lowest BCUT2D eigenvalue weighted by atomic mass is 9.85. The second kappa shape index (κ2) is 6.04. The minimum absolute atomic E-state index is 0.160. The van der Waals surface area contributed by atoms with Gasteiger partial charge in [0.2, 0.25) is 0 Å². The maximum absolute atomic E-state index is 12.9. The molecule has 1 unspecified atom stereocenters. The topological polar surface area (TPSA) is 12.0 Å². The molecule has 1 aromatic rings. The number of halogens is 1. The molecule has 0 saturated heterocycles. The summed E-state index contributed by atoms with van der Waals surface area (Å²) in [4.78, 5) is 0. The van der Waals surface area contributed by atoms with E-state index in [-0.39, 0.29) is 5.82 Å². The van der Waals surface area contributed by atoms with Crippen molar-refractivity contribution in [3.05, 3.63) is 35.6 Å². The van der Waals surface area contributed by atoms with Crippen LogP contribution >= 0.6 is 0 Å². The number of hydrogen-bond acceptors (Lipinski definition) is 1. The van der Waals surface area contributed by atoms with Gasteiger partial charge < -0.3 is 5.32 Å². The molecule has 1 nitrogen and oxygen atoms in total. The molecule has 1 aromatic carbocycles. The van der Waals surface area contributed by atoms with Crippen LogP contribution in [0.2, 0.25) is 0 Å². The average Bonchev–Trinajstić information content (AvgIpc) is 2.52. The summed E-state index contributed by atoms with van der Waals surface area (Å²) in [5.74, 6) is -0.160. The average molecular weight is 263 g/mol. The van der Waals surface area contributed by atoms with Crippen LogP contribution in [-0.2, 0) is 0 Å². The van der Waals surface area contributed by atoms with Gasteiger partial charge in [-0.05, 0) is 55.7 Å². The van der Waals surface area contributed by atoms with Crippen molar-refractivity contribution < 1.29 is 4.39 Å². The van der Waals surface area contributed by atoms with E-state index >= 15 is 0 Å². The van der Waals surface area contributed by atoms with Crippen LogP contribution in [0.4, 0.5) is 4.39 Å². The van der Waals surface area contributed by atoms with Gasteiger partial charge in [-0.2, -0.15) is 0 Å². The summed E-state index contributed by atoms with van der Waals surface area (Å²) in [5.41, 5.74) is 1.67. The van der Waals surface area contributed by atoms with E-state index in [9.17, 15) is 4.39 Å². The van der Waals surface area contributed by atoms with Crippen molar-refractivity contribution in [3.63, 3.8) is 0 Å². The van der Waals surface area contributed by atoms with Gasteiger partial charge in [-0.15, -0.1) is 0 Å². The Kier molecular flexibility index (Phi) is 4.62. The molecule has 1 N–H and O–H groups in total. The molecule has 0 bridgehead atoms. The Bertz CT molecular complexity index is 396. The van der Waals surface area contributed by atoms with Gasteiger partial charge >= 0.3 is 0 Å². The zero-order valence-electron chi connectivity index (χ0n) is 12.4. The van der Waals surface area contributed by atoms with Gasteiger partial charge in [0.1, 0.15) is 5.82 Å². The van der Waals surface area contributed by atoms with Crippen LogP contribution in [0.15, 0.2) is 24.3 Å². The highest BCUT2D eigenvalue weighted by Crippen LogP contribution is 2.34. The molecule has 0 aliphatic heterocycles. The van der Waals surface area contributed by atoms with Crippen LogP contribution in [0.3, 0.4) is 0 Å². The lowest BCUT2D eigenvalue weighted by molar-refractivity contribution is 0.307. The van der Waals surface area contributed by atoms with Crippen molar-refractivity contribution in [1.82, 2.24) is 5.32 Å². The highest BCUT2D eigenvalue weighted by molar-refractivity contribution is 5.19. The molecule has 0 amide bonds. The van der Waals surface area contributed by atoms with E-state index in [1.54, 1.807) is 12.1 Å². The highest BCUT2D eigenvalue weighted by Gasteiger charge is 2.25. The Morgan fingerprint density at radius 1 is 1.16 bits per heavy atom. The van der Waals surface area contributed by atoms with Crippen molar-refractivity contribution in [3.8, 4) is 0 Å². The van der Waals surface area contributed by atoms with Gasteiger partial charge in [0.25, 0.3) is 0 Å². The van der Waals surface area contributed by atoms with Crippen LogP contribution in [0.5, 0.6) is 0 Å². The first-order valence-electron chi connectivity index (χ1n) is 7.48. The molecule has 1 aliphatic rings. The molecule has 19 heavy (non-hydrogen) atoms.